The molecule has 0 radical (unpaired) electrons. The van der Waals surface area contributed by atoms with Crippen LogP contribution in [0.2, 0.25) is 10.0 Å². The number of fused-ring (bicyclic) bond motifs is 1. The Kier molecular flexibility index (Phi) is 5.95. The van der Waals surface area contributed by atoms with Crippen molar-refractivity contribution in [3.8, 4) is 5.75 Å². The first-order valence-corrected chi connectivity index (χ1v) is 10.5. The van der Waals surface area contributed by atoms with Gasteiger partial charge in [0.2, 0.25) is 15.9 Å². The second-order valence-corrected chi connectivity index (χ2v) is 8.70. The third-order valence-corrected chi connectivity index (χ3v) is 6.75. The molecule has 27 heavy (non-hydrogen) atoms. The number of nitrogens with zero attached hydrogens (tertiary/aromatic N) is 1. The summed E-state index contributed by atoms with van der Waals surface area (Å²) in [5.41, 5.74) is 1.10. The smallest absolute Gasteiger partial charge is 0.243 e. The monoisotopic (exact) mass is 428 g/mol. The number of amides is 1. The fourth-order valence-electron chi connectivity index (χ4n) is 2.80. The molecular formula is C18H18Cl2N2O4S. The summed E-state index contributed by atoms with van der Waals surface area (Å²) < 4.78 is 32.4. The number of likely N-dealkylation sites (N-methyl/N-ethyl adjacent to an activating group) is 1. The fourth-order valence-corrected chi connectivity index (χ4v) is 4.74. The fraction of sp³-hybridized carbons (Fsp3) is 0.278. The first kappa shape index (κ1) is 19.9. The Morgan fingerprint density at radius 1 is 1.22 bits per heavy atom. The Morgan fingerprint density at radius 2 is 1.93 bits per heavy atom. The minimum atomic E-state index is -3.83. The van der Waals surface area contributed by atoms with Crippen LogP contribution in [0.3, 0.4) is 0 Å². The van der Waals surface area contributed by atoms with Crippen LogP contribution in [0.25, 0.3) is 0 Å². The molecule has 1 aliphatic rings. The summed E-state index contributed by atoms with van der Waals surface area (Å²) in [5, 5.41) is 3.14. The number of rotatable bonds is 6. The van der Waals surface area contributed by atoms with Gasteiger partial charge in [0.25, 0.3) is 0 Å². The van der Waals surface area contributed by atoms with Crippen LogP contribution in [0.1, 0.15) is 12.5 Å². The zero-order valence-corrected chi connectivity index (χ0v) is 16.9. The summed E-state index contributed by atoms with van der Waals surface area (Å²) in [6, 6.07) is 9.56. The molecular weight excluding hydrogens is 411 g/mol. The number of para-hydroxylation sites is 1. The van der Waals surface area contributed by atoms with Crippen LogP contribution in [0.5, 0.6) is 5.75 Å². The first-order chi connectivity index (χ1) is 12.8. The molecule has 3 rings (SSSR count). The molecule has 2 aromatic carbocycles. The van der Waals surface area contributed by atoms with E-state index in [9.17, 15) is 13.2 Å². The summed E-state index contributed by atoms with van der Waals surface area (Å²) in [5.74, 6) is 0.169. The SMILES string of the molecule is CCN(CC(=O)Nc1c(Cl)cccc1Cl)S(=O)(=O)c1ccc2c(c1)CCO2. The van der Waals surface area contributed by atoms with E-state index in [0.29, 0.717) is 18.8 Å². The third-order valence-electron chi connectivity index (χ3n) is 4.20. The van der Waals surface area contributed by atoms with Crippen LogP contribution >= 0.6 is 23.2 Å². The highest BCUT2D eigenvalue weighted by atomic mass is 35.5. The number of halogens is 2. The van der Waals surface area contributed by atoms with Gasteiger partial charge < -0.3 is 10.1 Å². The number of nitrogens with one attached hydrogen (secondary N) is 1. The molecule has 0 bridgehead atoms. The van der Waals surface area contributed by atoms with Gasteiger partial charge in [-0.25, -0.2) is 8.42 Å². The van der Waals surface area contributed by atoms with Crippen molar-refractivity contribution >= 4 is 44.8 Å². The van der Waals surface area contributed by atoms with E-state index in [1.807, 2.05) is 0 Å². The number of sulfonamides is 1. The molecule has 2 aromatic rings. The Hall–Kier alpha value is -1.80. The average Bonchev–Trinajstić information content (AvgIpc) is 3.10. The van der Waals surface area contributed by atoms with Crippen LogP contribution in [0, 0.1) is 0 Å². The molecule has 0 aliphatic carbocycles. The molecule has 0 unspecified atom stereocenters. The number of hydrogen-bond acceptors (Lipinski definition) is 4. The molecule has 0 aromatic heterocycles. The van der Waals surface area contributed by atoms with Gasteiger partial charge in [0.15, 0.2) is 0 Å². The van der Waals surface area contributed by atoms with Crippen LogP contribution < -0.4 is 10.1 Å². The molecule has 1 N–H and O–H groups in total. The summed E-state index contributed by atoms with van der Waals surface area (Å²) in [4.78, 5) is 12.5. The molecule has 0 atom stereocenters. The Labute approximate surface area is 168 Å². The van der Waals surface area contributed by atoms with Crippen molar-refractivity contribution in [2.24, 2.45) is 0 Å². The van der Waals surface area contributed by atoms with Gasteiger partial charge in [-0.05, 0) is 35.9 Å². The van der Waals surface area contributed by atoms with E-state index in [1.54, 1.807) is 37.3 Å². The molecule has 0 saturated heterocycles. The van der Waals surface area contributed by atoms with Crippen LogP contribution in [-0.4, -0.2) is 38.3 Å². The van der Waals surface area contributed by atoms with Crippen LogP contribution in [-0.2, 0) is 21.2 Å². The maximum atomic E-state index is 12.9. The highest BCUT2D eigenvalue weighted by molar-refractivity contribution is 7.89. The second-order valence-electron chi connectivity index (χ2n) is 5.94. The van der Waals surface area contributed by atoms with Gasteiger partial charge in [0, 0.05) is 13.0 Å². The summed E-state index contributed by atoms with van der Waals surface area (Å²) in [6.07, 6.45) is 0.663. The largest absolute Gasteiger partial charge is 0.493 e. The lowest BCUT2D eigenvalue weighted by molar-refractivity contribution is -0.116. The van der Waals surface area contributed by atoms with E-state index in [2.05, 4.69) is 5.32 Å². The minimum Gasteiger partial charge on any atom is -0.493 e. The van der Waals surface area contributed by atoms with Crippen molar-refractivity contribution in [2.45, 2.75) is 18.2 Å². The molecule has 1 aliphatic heterocycles. The second kappa shape index (κ2) is 8.06. The zero-order chi connectivity index (χ0) is 19.6. The van der Waals surface area contributed by atoms with Gasteiger partial charge in [-0.2, -0.15) is 4.31 Å². The number of ether oxygens (including phenoxy) is 1. The highest BCUT2D eigenvalue weighted by Gasteiger charge is 2.27. The molecule has 9 heteroatoms. The zero-order valence-electron chi connectivity index (χ0n) is 14.5. The van der Waals surface area contributed by atoms with Crippen LogP contribution in [0.4, 0.5) is 5.69 Å². The molecule has 0 spiro atoms. The van der Waals surface area contributed by atoms with E-state index in [-0.39, 0.29) is 33.7 Å². The number of carbonyl (C=O) groups excluding carboxylic acids is 1. The minimum absolute atomic E-state index is 0.136. The topological polar surface area (TPSA) is 75.7 Å². The summed E-state index contributed by atoms with van der Waals surface area (Å²) >= 11 is 12.1. The number of carbonyl (C=O) groups is 1. The van der Waals surface area contributed by atoms with Crippen molar-refractivity contribution in [1.82, 2.24) is 4.31 Å². The molecule has 0 fully saturated rings. The van der Waals surface area contributed by atoms with E-state index < -0.39 is 15.9 Å². The lowest BCUT2D eigenvalue weighted by Gasteiger charge is -2.20. The van der Waals surface area contributed by atoms with Crippen molar-refractivity contribution in [3.05, 3.63) is 52.0 Å². The van der Waals surface area contributed by atoms with Gasteiger partial charge in [0.05, 0.1) is 33.8 Å². The van der Waals surface area contributed by atoms with E-state index in [0.717, 1.165) is 9.87 Å². The van der Waals surface area contributed by atoms with Crippen molar-refractivity contribution in [1.29, 1.82) is 0 Å². The maximum absolute atomic E-state index is 12.9. The van der Waals surface area contributed by atoms with Crippen molar-refractivity contribution in [3.63, 3.8) is 0 Å². The quantitative estimate of drug-likeness (QED) is 0.762. The van der Waals surface area contributed by atoms with Gasteiger partial charge >= 0.3 is 0 Å². The van der Waals surface area contributed by atoms with Crippen molar-refractivity contribution in [2.75, 3.05) is 25.0 Å². The lowest BCUT2D eigenvalue weighted by atomic mass is 10.2. The van der Waals surface area contributed by atoms with Gasteiger partial charge in [0.1, 0.15) is 5.75 Å². The molecule has 6 nitrogen and oxygen atoms in total. The van der Waals surface area contributed by atoms with E-state index in [1.165, 1.54) is 6.07 Å². The molecule has 1 heterocycles. The van der Waals surface area contributed by atoms with E-state index in [4.69, 9.17) is 27.9 Å². The number of anilines is 1. The van der Waals surface area contributed by atoms with Gasteiger partial charge in [-0.3, -0.25) is 4.79 Å². The normalized spacial score (nSPS) is 13.3. The lowest BCUT2D eigenvalue weighted by Crippen LogP contribution is -2.38. The molecule has 1 amide bonds. The molecule has 144 valence electrons. The Bertz CT molecular complexity index is 959. The average molecular weight is 429 g/mol. The summed E-state index contributed by atoms with van der Waals surface area (Å²) in [7, 11) is -3.83. The van der Waals surface area contributed by atoms with E-state index >= 15 is 0 Å². The maximum Gasteiger partial charge on any atom is 0.243 e. The van der Waals surface area contributed by atoms with Gasteiger partial charge in [-0.15, -0.1) is 0 Å². The highest BCUT2D eigenvalue weighted by Crippen LogP contribution is 2.31. The predicted octanol–water partition coefficient (Wildman–Crippen LogP) is 3.58. The molecule has 0 saturated carbocycles. The standard InChI is InChI=1S/C18H18Cl2N2O4S/c1-2-22(11-17(23)21-18-14(19)4-3-5-15(18)20)27(24,25)13-6-7-16-12(10-13)8-9-26-16/h3-7,10H,2,8-9,11H2,1H3,(H,21,23). The third kappa shape index (κ3) is 4.21. The summed E-state index contributed by atoms with van der Waals surface area (Å²) in [6.45, 7) is 1.99. The van der Waals surface area contributed by atoms with Crippen LogP contribution in [0.15, 0.2) is 41.3 Å². The number of hydrogen-bond donors (Lipinski definition) is 1. The van der Waals surface area contributed by atoms with Gasteiger partial charge in [-0.1, -0.05) is 36.2 Å². The Balaban J connectivity index is 1.79. The first-order valence-electron chi connectivity index (χ1n) is 8.32. The van der Waals surface area contributed by atoms with Crippen molar-refractivity contribution < 1.29 is 17.9 Å². The predicted molar refractivity (Wildman–Crippen MR) is 105 cm³/mol. The Morgan fingerprint density at radius 3 is 2.59 bits per heavy atom. The number of benzene rings is 2.